The first-order valence-corrected chi connectivity index (χ1v) is 9.89. The standard InChI is InChI=1S/C21H32N2O2/c24-17-20-13-19(14-22-11-4-5-12-22)15-23(16-20)21(25)10-6-9-18-7-2-1-3-8-18/h1-3,7-8,19-20,24H,4-6,9-17H2/t19-,20+/m1/s1. The number of aliphatic hydroxyl groups is 1. The van der Waals surface area contributed by atoms with E-state index in [1.54, 1.807) is 0 Å². The zero-order chi connectivity index (χ0) is 17.5. The predicted molar refractivity (Wildman–Crippen MR) is 100 cm³/mol. The number of likely N-dealkylation sites (tertiary alicyclic amines) is 2. The number of aliphatic hydroxyl groups excluding tert-OH is 1. The summed E-state index contributed by atoms with van der Waals surface area (Å²) < 4.78 is 0. The van der Waals surface area contributed by atoms with Crippen molar-refractivity contribution in [2.75, 3.05) is 39.3 Å². The van der Waals surface area contributed by atoms with Gasteiger partial charge in [0.25, 0.3) is 0 Å². The van der Waals surface area contributed by atoms with Crippen LogP contribution in [0.3, 0.4) is 0 Å². The number of rotatable bonds is 7. The van der Waals surface area contributed by atoms with E-state index >= 15 is 0 Å². The topological polar surface area (TPSA) is 43.8 Å². The lowest BCUT2D eigenvalue weighted by atomic mass is 9.89. The third kappa shape index (κ3) is 5.55. The van der Waals surface area contributed by atoms with Crippen LogP contribution in [-0.2, 0) is 11.2 Å². The Hall–Kier alpha value is -1.39. The van der Waals surface area contributed by atoms with E-state index in [1.807, 2.05) is 11.0 Å². The van der Waals surface area contributed by atoms with Gasteiger partial charge < -0.3 is 14.9 Å². The summed E-state index contributed by atoms with van der Waals surface area (Å²) in [4.78, 5) is 17.2. The molecule has 2 aliphatic rings. The number of hydrogen-bond acceptors (Lipinski definition) is 3. The Morgan fingerprint density at radius 1 is 1.08 bits per heavy atom. The molecule has 3 rings (SSSR count). The summed E-state index contributed by atoms with van der Waals surface area (Å²) in [6, 6.07) is 10.4. The van der Waals surface area contributed by atoms with Crippen molar-refractivity contribution >= 4 is 5.91 Å². The molecule has 0 radical (unpaired) electrons. The highest BCUT2D eigenvalue weighted by atomic mass is 16.3. The molecule has 2 atom stereocenters. The highest BCUT2D eigenvalue weighted by molar-refractivity contribution is 5.76. The van der Waals surface area contributed by atoms with Crippen LogP contribution in [-0.4, -0.2) is 60.1 Å². The van der Waals surface area contributed by atoms with Crippen LogP contribution in [0.25, 0.3) is 0 Å². The van der Waals surface area contributed by atoms with E-state index in [1.165, 1.54) is 31.5 Å². The molecule has 2 saturated heterocycles. The summed E-state index contributed by atoms with van der Waals surface area (Å²) >= 11 is 0. The molecular formula is C21H32N2O2. The van der Waals surface area contributed by atoms with Crippen molar-refractivity contribution < 1.29 is 9.90 Å². The zero-order valence-electron chi connectivity index (χ0n) is 15.3. The second-order valence-corrected chi connectivity index (χ2v) is 7.80. The van der Waals surface area contributed by atoms with Gasteiger partial charge >= 0.3 is 0 Å². The van der Waals surface area contributed by atoms with Crippen LogP contribution >= 0.6 is 0 Å². The Morgan fingerprint density at radius 2 is 1.80 bits per heavy atom. The van der Waals surface area contributed by atoms with Crippen LogP contribution in [0, 0.1) is 11.8 Å². The van der Waals surface area contributed by atoms with Gasteiger partial charge in [0.05, 0.1) is 0 Å². The second-order valence-electron chi connectivity index (χ2n) is 7.80. The number of aryl methyl sites for hydroxylation is 1. The first-order valence-electron chi connectivity index (χ1n) is 9.89. The fraction of sp³-hybridized carbons (Fsp3) is 0.667. The van der Waals surface area contributed by atoms with E-state index in [9.17, 15) is 9.90 Å². The number of piperidine rings is 1. The number of carbonyl (C=O) groups is 1. The maximum atomic E-state index is 12.7. The lowest BCUT2D eigenvalue weighted by Crippen LogP contribution is -2.47. The lowest BCUT2D eigenvalue weighted by molar-refractivity contribution is -0.134. The van der Waals surface area contributed by atoms with Crippen molar-refractivity contribution in [3.63, 3.8) is 0 Å². The summed E-state index contributed by atoms with van der Waals surface area (Å²) in [5.41, 5.74) is 1.30. The van der Waals surface area contributed by atoms with Crippen molar-refractivity contribution in [1.82, 2.24) is 9.80 Å². The molecule has 2 aliphatic heterocycles. The Labute approximate surface area is 151 Å². The molecule has 0 aromatic heterocycles. The van der Waals surface area contributed by atoms with E-state index in [0.29, 0.717) is 12.3 Å². The molecule has 1 amide bonds. The minimum Gasteiger partial charge on any atom is -0.396 e. The second kappa shape index (κ2) is 9.35. The SMILES string of the molecule is O=C(CCCc1ccccc1)N1C[C@@H](CN2CCCC2)C[C@H](CO)C1. The summed E-state index contributed by atoms with van der Waals surface area (Å²) in [5.74, 6) is 1.03. The third-order valence-corrected chi connectivity index (χ3v) is 5.65. The van der Waals surface area contributed by atoms with Crippen LogP contribution < -0.4 is 0 Å². The Morgan fingerprint density at radius 3 is 2.52 bits per heavy atom. The summed E-state index contributed by atoms with van der Waals surface area (Å²) in [5, 5.41) is 9.64. The molecule has 0 aliphatic carbocycles. The van der Waals surface area contributed by atoms with Gasteiger partial charge in [0, 0.05) is 32.7 Å². The average Bonchev–Trinajstić information content (AvgIpc) is 3.15. The van der Waals surface area contributed by atoms with E-state index in [0.717, 1.165) is 38.9 Å². The predicted octanol–water partition coefficient (Wildman–Crippen LogP) is 2.56. The maximum absolute atomic E-state index is 12.7. The fourth-order valence-corrected chi connectivity index (χ4v) is 4.36. The Balaban J connectivity index is 1.47. The monoisotopic (exact) mass is 344 g/mol. The van der Waals surface area contributed by atoms with Crippen molar-refractivity contribution in [3.05, 3.63) is 35.9 Å². The van der Waals surface area contributed by atoms with Gasteiger partial charge in [-0.1, -0.05) is 30.3 Å². The molecule has 1 aromatic rings. The number of hydrogen-bond donors (Lipinski definition) is 1. The van der Waals surface area contributed by atoms with Crippen LogP contribution in [0.5, 0.6) is 0 Å². The largest absolute Gasteiger partial charge is 0.396 e. The van der Waals surface area contributed by atoms with Gasteiger partial charge in [-0.05, 0) is 62.6 Å². The van der Waals surface area contributed by atoms with Gasteiger partial charge in [0.15, 0.2) is 0 Å². The lowest BCUT2D eigenvalue weighted by Gasteiger charge is -2.38. The molecule has 0 unspecified atom stereocenters. The van der Waals surface area contributed by atoms with Gasteiger partial charge in [-0.3, -0.25) is 4.79 Å². The molecule has 25 heavy (non-hydrogen) atoms. The maximum Gasteiger partial charge on any atom is 0.222 e. The van der Waals surface area contributed by atoms with E-state index < -0.39 is 0 Å². The molecule has 2 heterocycles. The zero-order valence-corrected chi connectivity index (χ0v) is 15.3. The smallest absolute Gasteiger partial charge is 0.222 e. The Bertz CT molecular complexity index is 528. The summed E-state index contributed by atoms with van der Waals surface area (Å²) in [6.45, 7) is 5.29. The van der Waals surface area contributed by atoms with Crippen LogP contribution in [0.2, 0.25) is 0 Å². The van der Waals surface area contributed by atoms with Gasteiger partial charge in [0.2, 0.25) is 5.91 Å². The molecule has 0 bridgehead atoms. The number of nitrogens with zero attached hydrogens (tertiary/aromatic N) is 2. The molecule has 4 heteroatoms. The summed E-state index contributed by atoms with van der Waals surface area (Å²) in [6.07, 6.45) is 6.14. The van der Waals surface area contributed by atoms with Crippen LogP contribution in [0.1, 0.15) is 37.7 Å². The molecular weight excluding hydrogens is 312 g/mol. The first kappa shape index (κ1) is 18.4. The minimum atomic E-state index is 0.199. The highest BCUT2D eigenvalue weighted by Gasteiger charge is 2.30. The van der Waals surface area contributed by atoms with Crippen LogP contribution in [0.4, 0.5) is 0 Å². The third-order valence-electron chi connectivity index (χ3n) is 5.65. The first-order chi connectivity index (χ1) is 12.2. The molecule has 0 spiro atoms. The van der Waals surface area contributed by atoms with Crippen molar-refractivity contribution in [3.8, 4) is 0 Å². The van der Waals surface area contributed by atoms with Gasteiger partial charge in [0.1, 0.15) is 0 Å². The fourth-order valence-electron chi connectivity index (χ4n) is 4.36. The average molecular weight is 344 g/mol. The van der Waals surface area contributed by atoms with Crippen molar-refractivity contribution in [2.45, 2.75) is 38.5 Å². The molecule has 1 N–H and O–H groups in total. The van der Waals surface area contributed by atoms with E-state index in [-0.39, 0.29) is 18.4 Å². The molecule has 0 saturated carbocycles. The molecule has 4 nitrogen and oxygen atoms in total. The van der Waals surface area contributed by atoms with Gasteiger partial charge in [-0.2, -0.15) is 0 Å². The highest BCUT2D eigenvalue weighted by Crippen LogP contribution is 2.25. The minimum absolute atomic E-state index is 0.199. The Kier molecular flexibility index (Phi) is 6.88. The van der Waals surface area contributed by atoms with Crippen LogP contribution in [0.15, 0.2) is 30.3 Å². The molecule has 138 valence electrons. The molecule has 1 aromatic carbocycles. The number of amides is 1. The van der Waals surface area contributed by atoms with Gasteiger partial charge in [-0.25, -0.2) is 0 Å². The van der Waals surface area contributed by atoms with Crippen molar-refractivity contribution in [1.29, 1.82) is 0 Å². The molecule has 2 fully saturated rings. The van der Waals surface area contributed by atoms with Gasteiger partial charge in [-0.15, -0.1) is 0 Å². The van der Waals surface area contributed by atoms with E-state index in [4.69, 9.17) is 0 Å². The normalized spacial score (nSPS) is 24.6. The van der Waals surface area contributed by atoms with E-state index in [2.05, 4.69) is 29.2 Å². The number of carbonyl (C=O) groups excluding carboxylic acids is 1. The quantitative estimate of drug-likeness (QED) is 0.827. The number of benzene rings is 1. The summed E-state index contributed by atoms with van der Waals surface area (Å²) in [7, 11) is 0. The van der Waals surface area contributed by atoms with Crippen molar-refractivity contribution in [2.24, 2.45) is 11.8 Å².